The summed E-state index contributed by atoms with van der Waals surface area (Å²) in [4.78, 5) is 0. The largest absolute Gasteiger partial charge is 0.207 e. The second-order valence-corrected chi connectivity index (χ2v) is 3.33. The van der Waals surface area contributed by atoms with Crippen molar-refractivity contribution in [3.63, 3.8) is 0 Å². The van der Waals surface area contributed by atoms with Gasteiger partial charge in [0, 0.05) is 6.07 Å². The molecule has 0 spiro atoms. The van der Waals surface area contributed by atoms with Crippen LogP contribution in [-0.4, -0.2) is 0 Å². The molecule has 0 aliphatic carbocycles. The summed E-state index contributed by atoms with van der Waals surface area (Å²) >= 11 is 0. The van der Waals surface area contributed by atoms with Crippen molar-refractivity contribution in [2.75, 3.05) is 0 Å². The van der Waals surface area contributed by atoms with Crippen LogP contribution in [0.5, 0.6) is 0 Å². The zero-order valence-corrected chi connectivity index (χ0v) is 8.69. The van der Waals surface area contributed by atoms with Gasteiger partial charge in [-0.25, -0.2) is 8.78 Å². The molecule has 0 heterocycles. The Morgan fingerprint density at radius 1 is 1.21 bits per heavy atom. The SMILES string of the molecule is C=C.CC(C)Cc1ccc(F)cc1F. The first-order chi connectivity index (χ1) is 6.59. The molecule has 0 aliphatic rings. The lowest BCUT2D eigenvalue weighted by Gasteiger charge is -2.05. The Morgan fingerprint density at radius 3 is 2.21 bits per heavy atom. The standard InChI is InChI=1S/C10H12F2.C2H4/c1-7(2)5-8-3-4-9(11)6-10(8)12;1-2/h3-4,6-7H,5H2,1-2H3;1-2H2. The van der Waals surface area contributed by atoms with E-state index in [2.05, 4.69) is 13.2 Å². The lowest BCUT2D eigenvalue weighted by atomic mass is 10.0. The average Bonchev–Trinajstić information content (AvgIpc) is 2.13. The molecule has 0 saturated carbocycles. The van der Waals surface area contributed by atoms with Crippen LogP contribution in [0.15, 0.2) is 31.4 Å². The van der Waals surface area contributed by atoms with Crippen LogP contribution < -0.4 is 0 Å². The molecule has 2 heteroatoms. The van der Waals surface area contributed by atoms with E-state index in [0.717, 1.165) is 6.07 Å². The van der Waals surface area contributed by atoms with Crippen LogP contribution in [0.25, 0.3) is 0 Å². The summed E-state index contributed by atoms with van der Waals surface area (Å²) in [6, 6.07) is 3.73. The van der Waals surface area contributed by atoms with E-state index in [-0.39, 0.29) is 0 Å². The van der Waals surface area contributed by atoms with Gasteiger partial charge in [-0.05, 0) is 24.0 Å². The lowest BCUT2D eigenvalue weighted by molar-refractivity contribution is 0.552. The van der Waals surface area contributed by atoms with E-state index in [9.17, 15) is 8.78 Å². The van der Waals surface area contributed by atoms with Crippen LogP contribution >= 0.6 is 0 Å². The molecule has 0 saturated heterocycles. The molecule has 0 aromatic heterocycles. The topological polar surface area (TPSA) is 0 Å². The van der Waals surface area contributed by atoms with Crippen LogP contribution in [0, 0.1) is 17.6 Å². The summed E-state index contributed by atoms with van der Waals surface area (Å²) < 4.78 is 25.4. The van der Waals surface area contributed by atoms with Crippen molar-refractivity contribution in [1.82, 2.24) is 0 Å². The van der Waals surface area contributed by atoms with Gasteiger partial charge in [-0.1, -0.05) is 19.9 Å². The van der Waals surface area contributed by atoms with Crippen molar-refractivity contribution in [3.8, 4) is 0 Å². The fourth-order valence-electron chi connectivity index (χ4n) is 1.13. The summed E-state index contributed by atoms with van der Waals surface area (Å²) in [6.45, 7) is 10.0. The summed E-state index contributed by atoms with van der Waals surface area (Å²) in [5, 5.41) is 0. The van der Waals surface area contributed by atoms with Gasteiger partial charge in [-0.15, -0.1) is 13.2 Å². The Kier molecular flexibility index (Phi) is 5.77. The molecule has 0 fully saturated rings. The van der Waals surface area contributed by atoms with Crippen LogP contribution in [0.1, 0.15) is 19.4 Å². The number of hydrogen-bond donors (Lipinski definition) is 0. The van der Waals surface area contributed by atoms with Gasteiger partial charge in [-0.3, -0.25) is 0 Å². The number of halogens is 2. The van der Waals surface area contributed by atoms with E-state index < -0.39 is 11.6 Å². The van der Waals surface area contributed by atoms with Crippen molar-refractivity contribution >= 4 is 0 Å². The Labute approximate surface area is 84.3 Å². The maximum absolute atomic E-state index is 13.0. The van der Waals surface area contributed by atoms with Crippen LogP contribution in [0.3, 0.4) is 0 Å². The highest BCUT2D eigenvalue weighted by atomic mass is 19.1. The smallest absolute Gasteiger partial charge is 0.129 e. The van der Waals surface area contributed by atoms with Crippen molar-refractivity contribution in [1.29, 1.82) is 0 Å². The van der Waals surface area contributed by atoms with Gasteiger partial charge in [0.05, 0.1) is 0 Å². The monoisotopic (exact) mass is 198 g/mol. The van der Waals surface area contributed by atoms with Crippen molar-refractivity contribution < 1.29 is 8.78 Å². The maximum atomic E-state index is 13.0. The van der Waals surface area contributed by atoms with Gasteiger partial charge in [0.1, 0.15) is 11.6 Å². The second-order valence-electron chi connectivity index (χ2n) is 3.33. The first-order valence-electron chi connectivity index (χ1n) is 4.53. The molecule has 0 radical (unpaired) electrons. The predicted molar refractivity (Wildman–Crippen MR) is 56.2 cm³/mol. The summed E-state index contributed by atoms with van der Waals surface area (Å²) in [6.07, 6.45) is 0.659. The van der Waals surface area contributed by atoms with Crippen molar-refractivity contribution in [2.45, 2.75) is 20.3 Å². The zero-order valence-electron chi connectivity index (χ0n) is 8.69. The Hall–Kier alpha value is -1.18. The first kappa shape index (κ1) is 12.8. The molecule has 14 heavy (non-hydrogen) atoms. The molecule has 78 valence electrons. The molecule has 0 atom stereocenters. The van der Waals surface area contributed by atoms with Crippen LogP contribution in [0.4, 0.5) is 8.78 Å². The molecule has 1 aromatic carbocycles. The highest BCUT2D eigenvalue weighted by Gasteiger charge is 2.04. The minimum absolute atomic E-state index is 0.393. The lowest BCUT2D eigenvalue weighted by Crippen LogP contribution is -1.97. The van der Waals surface area contributed by atoms with Crippen LogP contribution in [-0.2, 0) is 6.42 Å². The van der Waals surface area contributed by atoms with E-state index in [4.69, 9.17) is 0 Å². The highest BCUT2D eigenvalue weighted by molar-refractivity contribution is 5.18. The fourth-order valence-corrected chi connectivity index (χ4v) is 1.13. The van der Waals surface area contributed by atoms with Gasteiger partial charge in [-0.2, -0.15) is 0 Å². The average molecular weight is 198 g/mol. The molecular weight excluding hydrogens is 182 g/mol. The third-order valence-corrected chi connectivity index (χ3v) is 1.64. The molecular formula is C12H16F2. The van der Waals surface area contributed by atoms with E-state index in [1.54, 1.807) is 0 Å². The first-order valence-corrected chi connectivity index (χ1v) is 4.53. The van der Waals surface area contributed by atoms with Gasteiger partial charge < -0.3 is 0 Å². The minimum atomic E-state index is -0.514. The Bertz CT molecular complexity index is 280. The fraction of sp³-hybridized carbons (Fsp3) is 0.333. The number of benzene rings is 1. The van der Waals surface area contributed by atoms with E-state index in [0.29, 0.717) is 17.9 Å². The highest BCUT2D eigenvalue weighted by Crippen LogP contribution is 2.13. The molecule has 0 aliphatic heterocycles. The van der Waals surface area contributed by atoms with Crippen molar-refractivity contribution in [3.05, 3.63) is 48.6 Å². The van der Waals surface area contributed by atoms with Gasteiger partial charge in [0.15, 0.2) is 0 Å². The van der Waals surface area contributed by atoms with Gasteiger partial charge >= 0.3 is 0 Å². The van der Waals surface area contributed by atoms with Gasteiger partial charge in [0.25, 0.3) is 0 Å². The van der Waals surface area contributed by atoms with E-state index in [1.807, 2.05) is 13.8 Å². The molecule has 0 unspecified atom stereocenters. The molecule has 0 N–H and O–H groups in total. The van der Waals surface area contributed by atoms with Gasteiger partial charge in [0.2, 0.25) is 0 Å². The Morgan fingerprint density at radius 2 is 1.79 bits per heavy atom. The predicted octanol–water partition coefficient (Wildman–Crippen LogP) is 3.97. The molecule has 0 bridgehead atoms. The molecule has 1 aromatic rings. The third kappa shape index (κ3) is 4.17. The van der Waals surface area contributed by atoms with E-state index in [1.165, 1.54) is 12.1 Å². The molecule has 1 rings (SSSR count). The normalized spacial score (nSPS) is 9.50. The summed E-state index contributed by atoms with van der Waals surface area (Å²) in [5.74, 6) is -0.561. The quantitative estimate of drug-likeness (QED) is 0.631. The Balaban J connectivity index is 0.000000791. The maximum Gasteiger partial charge on any atom is 0.129 e. The van der Waals surface area contributed by atoms with E-state index >= 15 is 0 Å². The zero-order chi connectivity index (χ0) is 11.1. The summed E-state index contributed by atoms with van der Waals surface area (Å²) in [7, 11) is 0. The molecule has 0 amide bonds. The van der Waals surface area contributed by atoms with Crippen molar-refractivity contribution in [2.24, 2.45) is 5.92 Å². The number of rotatable bonds is 2. The second kappa shape index (κ2) is 6.30. The van der Waals surface area contributed by atoms with Crippen LogP contribution in [0.2, 0.25) is 0 Å². The summed E-state index contributed by atoms with van der Waals surface area (Å²) in [5.41, 5.74) is 0.589. The number of hydrogen-bond acceptors (Lipinski definition) is 0. The third-order valence-electron chi connectivity index (χ3n) is 1.64. The minimum Gasteiger partial charge on any atom is -0.207 e. The molecule has 0 nitrogen and oxygen atoms in total.